The van der Waals surface area contributed by atoms with Gasteiger partial charge in [-0.2, -0.15) is 0 Å². The van der Waals surface area contributed by atoms with E-state index in [2.05, 4.69) is 14.9 Å². The molecule has 1 fully saturated rings. The maximum atomic E-state index is 13.1. The first-order valence-electron chi connectivity index (χ1n) is 9.67. The Morgan fingerprint density at radius 1 is 1.00 bits per heavy atom. The van der Waals surface area contributed by atoms with E-state index in [4.69, 9.17) is 0 Å². The summed E-state index contributed by atoms with van der Waals surface area (Å²) in [4.78, 5) is 11.8. The van der Waals surface area contributed by atoms with E-state index in [-0.39, 0.29) is 5.82 Å². The lowest BCUT2D eigenvalue weighted by atomic mass is 10.1. The van der Waals surface area contributed by atoms with Crippen molar-refractivity contribution in [1.29, 1.82) is 0 Å². The van der Waals surface area contributed by atoms with Gasteiger partial charge in [0.2, 0.25) is 0 Å². The molecule has 0 aliphatic carbocycles. The number of halogens is 1. The molecule has 2 aromatic rings. The number of nitrogens with zero attached hydrogens (tertiary/aromatic N) is 3. The summed E-state index contributed by atoms with van der Waals surface area (Å²) in [5.74, 6) is 0.824. The molecule has 26 heavy (non-hydrogen) atoms. The minimum atomic E-state index is -0.223. The molecule has 0 bridgehead atoms. The molecule has 0 N–H and O–H groups in total. The van der Waals surface area contributed by atoms with Crippen LogP contribution in [0.25, 0.3) is 11.3 Å². The van der Waals surface area contributed by atoms with Gasteiger partial charge >= 0.3 is 0 Å². The van der Waals surface area contributed by atoms with Crippen molar-refractivity contribution in [2.24, 2.45) is 0 Å². The van der Waals surface area contributed by atoms with Crippen LogP contribution in [0.2, 0.25) is 0 Å². The number of thioether (sulfide) groups is 1. The predicted molar refractivity (Wildman–Crippen MR) is 107 cm³/mol. The predicted octanol–water partition coefficient (Wildman–Crippen LogP) is 5.34. The van der Waals surface area contributed by atoms with Crippen LogP contribution >= 0.6 is 11.8 Å². The minimum absolute atomic E-state index is 0.223. The third kappa shape index (κ3) is 6.06. The summed E-state index contributed by atoms with van der Waals surface area (Å²) < 4.78 is 13.1. The Morgan fingerprint density at radius 2 is 1.77 bits per heavy atom. The molecule has 0 spiro atoms. The smallest absolute Gasteiger partial charge is 0.188 e. The zero-order chi connectivity index (χ0) is 18.2. The van der Waals surface area contributed by atoms with Crippen LogP contribution in [-0.4, -0.2) is 40.3 Å². The number of hydrogen-bond donors (Lipinski definition) is 0. The van der Waals surface area contributed by atoms with Gasteiger partial charge in [-0.15, -0.1) is 0 Å². The molecule has 0 amide bonds. The topological polar surface area (TPSA) is 29.0 Å². The van der Waals surface area contributed by atoms with Crippen molar-refractivity contribution in [3.63, 3.8) is 0 Å². The van der Waals surface area contributed by atoms with Gasteiger partial charge in [-0.1, -0.05) is 24.6 Å². The summed E-state index contributed by atoms with van der Waals surface area (Å²) in [6.45, 7) is 5.81. The zero-order valence-electron chi connectivity index (χ0n) is 15.6. The van der Waals surface area contributed by atoms with Crippen molar-refractivity contribution in [1.82, 2.24) is 14.9 Å². The number of likely N-dealkylation sites (tertiary alicyclic amines) is 1. The number of aromatic nitrogens is 2. The van der Waals surface area contributed by atoms with Gasteiger partial charge in [-0.3, -0.25) is 0 Å². The number of benzene rings is 1. The van der Waals surface area contributed by atoms with E-state index in [1.807, 2.05) is 13.0 Å². The molecule has 1 aromatic carbocycles. The van der Waals surface area contributed by atoms with Crippen LogP contribution in [0.15, 0.2) is 35.5 Å². The van der Waals surface area contributed by atoms with Crippen molar-refractivity contribution in [2.45, 2.75) is 50.6 Å². The molecule has 0 unspecified atom stereocenters. The first kappa shape index (κ1) is 19.3. The largest absolute Gasteiger partial charge is 0.303 e. The average molecular weight is 374 g/mol. The highest BCUT2D eigenvalue weighted by atomic mass is 32.2. The standard InChI is InChI=1S/C21H28FN3S/c1-17-16-20(18-8-10-19(22)11-9-18)24-21(23-17)26-15-7-3-6-14-25-12-4-2-5-13-25/h8-11,16H,2-7,12-15H2,1H3. The first-order chi connectivity index (χ1) is 12.7. The third-order valence-corrected chi connectivity index (χ3v) is 5.71. The molecule has 0 atom stereocenters. The van der Waals surface area contributed by atoms with E-state index in [0.717, 1.165) is 27.9 Å². The second-order valence-corrected chi connectivity index (χ2v) is 8.06. The molecule has 3 nitrogen and oxygen atoms in total. The number of rotatable bonds is 8. The van der Waals surface area contributed by atoms with Gasteiger partial charge in [0, 0.05) is 17.0 Å². The molecular weight excluding hydrogens is 345 g/mol. The maximum Gasteiger partial charge on any atom is 0.188 e. The van der Waals surface area contributed by atoms with Crippen molar-refractivity contribution in [3.05, 3.63) is 41.8 Å². The highest BCUT2D eigenvalue weighted by molar-refractivity contribution is 7.99. The van der Waals surface area contributed by atoms with E-state index in [0.29, 0.717) is 0 Å². The van der Waals surface area contributed by atoms with Crippen LogP contribution in [-0.2, 0) is 0 Å². The molecule has 3 rings (SSSR count). The Kier molecular flexibility index (Phi) is 7.44. The molecule has 0 radical (unpaired) electrons. The average Bonchev–Trinajstić information content (AvgIpc) is 2.65. The second kappa shape index (κ2) is 10.0. The lowest BCUT2D eigenvalue weighted by Crippen LogP contribution is -2.30. The van der Waals surface area contributed by atoms with Crippen molar-refractivity contribution >= 4 is 11.8 Å². The van der Waals surface area contributed by atoms with Gasteiger partial charge in [0.15, 0.2) is 5.16 Å². The van der Waals surface area contributed by atoms with Crippen LogP contribution in [0, 0.1) is 12.7 Å². The summed E-state index contributed by atoms with van der Waals surface area (Å²) in [7, 11) is 0. The summed E-state index contributed by atoms with van der Waals surface area (Å²) in [5.41, 5.74) is 2.75. The third-order valence-electron chi connectivity index (χ3n) is 4.77. The Bertz CT molecular complexity index is 684. The normalized spacial score (nSPS) is 15.3. The lowest BCUT2D eigenvalue weighted by Gasteiger charge is -2.26. The van der Waals surface area contributed by atoms with E-state index in [1.54, 1.807) is 23.9 Å². The monoisotopic (exact) mass is 373 g/mol. The summed E-state index contributed by atoms with van der Waals surface area (Å²) >= 11 is 1.72. The fraction of sp³-hybridized carbons (Fsp3) is 0.524. The molecule has 1 aliphatic rings. The summed E-state index contributed by atoms with van der Waals surface area (Å²) in [6, 6.07) is 8.44. The minimum Gasteiger partial charge on any atom is -0.303 e. The number of aryl methyl sites for hydroxylation is 1. The molecule has 1 saturated heterocycles. The lowest BCUT2D eigenvalue weighted by molar-refractivity contribution is 0.224. The summed E-state index contributed by atoms with van der Waals surface area (Å²) in [5, 5.41) is 0.820. The van der Waals surface area contributed by atoms with Crippen molar-refractivity contribution in [3.8, 4) is 11.3 Å². The van der Waals surface area contributed by atoms with Crippen LogP contribution in [0.4, 0.5) is 4.39 Å². The van der Waals surface area contributed by atoms with Gasteiger partial charge in [-0.25, -0.2) is 14.4 Å². The quantitative estimate of drug-likeness (QED) is 0.355. The van der Waals surface area contributed by atoms with Gasteiger partial charge < -0.3 is 4.90 Å². The van der Waals surface area contributed by atoms with Gasteiger partial charge in [0.25, 0.3) is 0 Å². The zero-order valence-corrected chi connectivity index (χ0v) is 16.4. The van der Waals surface area contributed by atoms with Gasteiger partial charge in [0.05, 0.1) is 5.69 Å². The van der Waals surface area contributed by atoms with E-state index in [1.165, 1.54) is 70.3 Å². The van der Waals surface area contributed by atoms with Crippen molar-refractivity contribution < 1.29 is 4.39 Å². The highest BCUT2D eigenvalue weighted by Gasteiger charge is 2.09. The fourth-order valence-corrected chi connectivity index (χ4v) is 4.24. The Morgan fingerprint density at radius 3 is 2.54 bits per heavy atom. The Balaban J connectivity index is 1.43. The Labute approximate surface area is 160 Å². The van der Waals surface area contributed by atoms with E-state index >= 15 is 0 Å². The van der Waals surface area contributed by atoms with Gasteiger partial charge in [0.1, 0.15) is 5.82 Å². The van der Waals surface area contributed by atoms with Crippen LogP contribution in [0.3, 0.4) is 0 Å². The van der Waals surface area contributed by atoms with Crippen LogP contribution in [0.5, 0.6) is 0 Å². The van der Waals surface area contributed by atoms with Crippen LogP contribution < -0.4 is 0 Å². The molecule has 2 heterocycles. The fourth-order valence-electron chi connectivity index (χ4n) is 3.34. The summed E-state index contributed by atoms with van der Waals surface area (Å²) in [6.07, 6.45) is 7.90. The van der Waals surface area contributed by atoms with E-state index in [9.17, 15) is 4.39 Å². The number of unbranched alkanes of at least 4 members (excludes halogenated alkanes) is 2. The number of piperidine rings is 1. The molecule has 1 aromatic heterocycles. The SMILES string of the molecule is Cc1cc(-c2ccc(F)cc2)nc(SCCCCCN2CCCCC2)n1. The molecule has 5 heteroatoms. The highest BCUT2D eigenvalue weighted by Crippen LogP contribution is 2.23. The molecule has 0 saturated carbocycles. The maximum absolute atomic E-state index is 13.1. The Hall–Kier alpha value is -1.46. The number of hydrogen-bond acceptors (Lipinski definition) is 4. The van der Waals surface area contributed by atoms with Crippen LogP contribution in [0.1, 0.15) is 44.2 Å². The van der Waals surface area contributed by atoms with E-state index < -0.39 is 0 Å². The molecular formula is C21H28FN3S. The molecule has 1 aliphatic heterocycles. The van der Waals surface area contributed by atoms with Crippen molar-refractivity contribution in [2.75, 3.05) is 25.4 Å². The molecule has 140 valence electrons. The van der Waals surface area contributed by atoms with Gasteiger partial charge in [-0.05, 0) is 82.6 Å². The first-order valence-corrected chi connectivity index (χ1v) is 10.7. The second-order valence-electron chi connectivity index (χ2n) is 7.00.